The van der Waals surface area contributed by atoms with Gasteiger partial charge in [0.05, 0.1) is 5.52 Å². The molecule has 0 atom stereocenters. The SMILES string of the molecule is C=C(/C=C/c1cccc(CN2CCNCC2)c1)NCCc1c(C)[nH]c2c(F)ccc(C)c12. The Morgan fingerprint density at radius 1 is 1.19 bits per heavy atom. The minimum absolute atomic E-state index is 0.195. The maximum atomic E-state index is 14.2. The first kappa shape index (κ1) is 22.3. The third-order valence-corrected chi connectivity index (χ3v) is 6.20. The number of piperazine rings is 1. The fourth-order valence-corrected chi connectivity index (χ4v) is 4.48. The van der Waals surface area contributed by atoms with Crippen molar-refractivity contribution in [3.05, 3.63) is 88.5 Å². The van der Waals surface area contributed by atoms with E-state index < -0.39 is 0 Å². The van der Waals surface area contributed by atoms with Gasteiger partial charge < -0.3 is 15.6 Å². The van der Waals surface area contributed by atoms with Crippen molar-refractivity contribution < 1.29 is 4.39 Å². The maximum Gasteiger partial charge on any atom is 0.147 e. The fourth-order valence-electron chi connectivity index (χ4n) is 4.48. The number of nitrogens with zero attached hydrogens (tertiary/aromatic N) is 1. The van der Waals surface area contributed by atoms with Crippen molar-refractivity contribution in [1.82, 2.24) is 20.5 Å². The largest absolute Gasteiger partial charge is 0.385 e. The van der Waals surface area contributed by atoms with Crippen molar-refractivity contribution in [3.8, 4) is 0 Å². The van der Waals surface area contributed by atoms with Gasteiger partial charge in [0.1, 0.15) is 5.82 Å². The number of H-pyrrole nitrogens is 1. The zero-order chi connectivity index (χ0) is 22.5. The highest BCUT2D eigenvalue weighted by molar-refractivity contribution is 5.88. The minimum atomic E-state index is -0.195. The number of fused-ring (bicyclic) bond motifs is 1. The highest BCUT2D eigenvalue weighted by Gasteiger charge is 2.13. The quantitative estimate of drug-likeness (QED) is 0.453. The number of rotatable bonds is 8. The molecule has 5 heteroatoms. The lowest BCUT2D eigenvalue weighted by molar-refractivity contribution is 0.233. The van der Waals surface area contributed by atoms with E-state index in [4.69, 9.17) is 0 Å². The Kier molecular flexibility index (Phi) is 7.08. The Bertz CT molecular complexity index is 1120. The van der Waals surface area contributed by atoms with Crippen molar-refractivity contribution in [2.45, 2.75) is 26.8 Å². The zero-order valence-electron chi connectivity index (χ0n) is 19.1. The molecule has 3 N–H and O–H groups in total. The molecule has 0 saturated carbocycles. The molecule has 2 aromatic carbocycles. The summed E-state index contributed by atoms with van der Waals surface area (Å²) in [5.74, 6) is -0.195. The number of aromatic amines is 1. The lowest BCUT2D eigenvalue weighted by Crippen LogP contribution is -2.42. The van der Waals surface area contributed by atoms with Gasteiger partial charge in [-0.2, -0.15) is 0 Å². The summed E-state index contributed by atoms with van der Waals surface area (Å²) in [5, 5.41) is 7.80. The maximum absolute atomic E-state index is 14.2. The van der Waals surface area contributed by atoms with E-state index in [1.165, 1.54) is 22.8 Å². The van der Waals surface area contributed by atoms with Gasteiger partial charge >= 0.3 is 0 Å². The van der Waals surface area contributed by atoms with Crippen LogP contribution in [0.15, 0.2) is 54.8 Å². The van der Waals surface area contributed by atoms with Gasteiger partial charge in [0.25, 0.3) is 0 Å². The molecule has 0 bridgehead atoms. The molecule has 32 heavy (non-hydrogen) atoms. The van der Waals surface area contributed by atoms with Gasteiger partial charge in [-0.3, -0.25) is 4.90 Å². The van der Waals surface area contributed by atoms with E-state index in [1.807, 2.05) is 26.0 Å². The van der Waals surface area contributed by atoms with Gasteiger partial charge in [-0.05, 0) is 54.7 Å². The number of aromatic nitrogens is 1. The number of halogens is 1. The van der Waals surface area contributed by atoms with Crippen molar-refractivity contribution >= 4 is 17.0 Å². The second-order valence-electron chi connectivity index (χ2n) is 8.65. The second-order valence-corrected chi connectivity index (χ2v) is 8.65. The van der Waals surface area contributed by atoms with Gasteiger partial charge in [-0.25, -0.2) is 4.39 Å². The third kappa shape index (κ3) is 5.29. The van der Waals surface area contributed by atoms with Crippen LogP contribution in [0.2, 0.25) is 0 Å². The number of allylic oxidation sites excluding steroid dienone is 1. The molecule has 4 rings (SSSR count). The van der Waals surface area contributed by atoms with E-state index in [0.29, 0.717) is 5.52 Å². The van der Waals surface area contributed by atoms with Crippen LogP contribution < -0.4 is 10.6 Å². The van der Waals surface area contributed by atoms with Crippen LogP contribution >= 0.6 is 0 Å². The first-order chi connectivity index (χ1) is 15.5. The predicted molar refractivity (Wildman–Crippen MR) is 132 cm³/mol. The van der Waals surface area contributed by atoms with Crippen LogP contribution in [0.3, 0.4) is 0 Å². The van der Waals surface area contributed by atoms with Crippen LogP contribution in [0.1, 0.15) is 27.9 Å². The molecule has 168 valence electrons. The highest BCUT2D eigenvalue weighted by atomic mass is 19.1. The van der Waals surface area contributed by atoms with Gasteiger partial charge in [-0.1, -0.05) is 43.0 Å². The molecule has 4 nitrogen and oxygen atoms in total. The Morgan fingerprint density at radius 3 is 2.81 bits per heavy atom. The molecule has 0 unspecified atom stereocenters. The van der Waals surface area contributed by atoms with Crippen molar-refractivity contribution in [3.63, 3.8) is 0 Å². The highest BCUT2D eigenvalue weighted by Crippen LogP contribution is 2.27. The molecule has 1 aliphatic heterocycles. The molecule has 1 aromatic heterocycles. The number of benzene rings is 2. The molecule has 0 radical (unpaired) electrons. The van der Waals surface area contributed by atoms with E-state index in [9.17, 15) is 4.39 Å². The molecule has 1 aliphatic rings. The van der Waals surface area contributed by atoms with E-state index in [2.05, 4.69) is 57.4 Å². The smallest absolute Gasteiger partial charge is 0.147 e. The van der Waals surface area contributed by atoms with Crippen LogP contribution in [-0.2, 0) is 13.0 Å². The average Bonchev–Trinajstić information content (AvgIpc) is 3.13. The molecular weight excluding hydrogens is 399 g/mol. The van der Waals surface area contributed by atoms with Gasteiger partial charge in [0.2, 0.25) is 0 Å². The summed E-state index contributed by atoms with van der Waals surface area (Å²) in [6, 6.07) is 12.1. The van der Waals surface area contributed by atoms with Crippen molar-refractivity contribution in [2.75, 3.05) is 32.7 Å². The number of aryl methyl sites for hydroxylation is 2. The summed E-state index contributed by atoms with van der Waals surface area (Å²) < 4.78 is 14.2. The third-order valence-electron chi connectivity index (χ3n) is 6.20. The zero-order valence-corrected chi connectivity index (χ0v) is 19.1. The predicted octanol–water partition coefficient (Wildman–Crippen LogP) is 4.69. The molecule has 0 amide bonds. The summed E-state index contributed by atoms with van der Waals surface area (Å²) in [6.07, 6.45) is 4.94. The van der Waals surface area contributed by atoms with E-state index >= 15 is 0 Å². The van der Waals surface area contributed by atoms with Crippen LogP contribution in [0.4, 0.5) is 4.39 Å². The second kappa shape index (κ2) is 10.2. The Hall–Kier alpha value is -2.89. The van der Waals surface area contributed by atoms with E-state index in [1.54, 1.807) is 0 Å². The van der Waals surface area contributed by atoms with E-state index in [-0.39, 0.29) is 5.82 Å². The standard InChI is InChI=1S/C27H33FN4/c1-19-7-10-25(28)27-26(19)24(21(3)31-27)11-12-30-20(2)8-9-22-5-4-6-23(17-22)18-32-15-13-29-14-16-32/h4-10,17,29-31H,2,11-16,18H2,1,3H3/b9-8+. The lowest BCUT2D eigenvalue weighted by Gasteiger charge is -2.27. The lowest BCUT2D eigenvalue weighted by atomic mass is 10.0. The summed E-state index contributed by atoms with van der Waals surface area (Å²) >= 11 is 0. The van der Waals surface area contributed by atoms with Gasteiger partial charge in [0.15, 0.2) is 0 Å². The summed E-state index contributed by atoms with van der Waals surface area (Å²) in [5.41, 5.74) is 7.29. The first-order valence-corrected chi connectivity index (χ1v) is 11.4. The van der Waals surface area contributed by atoms with Gasteiger partial charge in [0, 0.05) is 56.0 Å². The number of hydrogen-bond acceptors (Lipinski definition) is 3. The van der Waals surface area contributed by atoms with E-state index in [0.717, 1.165) is 68.0 Å². The van der Waals surface area contributed by atoms with Crippen LogP contribution in [0.5, 0.6) is 0 Å². The van der Waals surface area contributed by atoms with Crippen molar-refractivity contribution in [2.24, 2.45) is 0 Å². The first-order valence-electron chi connectivity index (χ1n) is 11.4. The number of hydrogen-bond donors (Lipinski definition) is 3. The van der Waals surface area contributed by atoms with Crippen LogP contribution in [0, 0.1) is 19.7 Å². The average molecular weight is 433 g/mol. The van der Waals surface area contributed by atoms with Gasteiger partial charge in [-0.15, -0.1) is 0 Å². The normalized spacial score (nSPS) is 15.0. The summed E-state index contributed by atoms with van der Waals surface area (Å²) in [6.45, 7) is 14.3. The minimum Gasteiger partial charge on any atom is -0.385 e. The molecule has 1 saturated heterocycles. The van der Waals surface area contributed by atoms with Crippen molar-refractivity contribution in [1.29, 1.82) is 0 Å². The molecule has 1 fully saturated rings. The van der Waals surface area contributed by atoms with Crippen LogP contribution in [0.25, 0.3) is 17.0 Å². The summed E-state index contributed by atoms with van der Waals surface area (Å²) in [4.78, 5) is 5.70. The summed E-state index contributed by atoms with van der Waals surface area (Å²) in [7, 11) is 0. The number of nitrogens with one attached hydrogen (secondary N) is 3. The Balaban J connectivity index is 1.33. The Morgan fingerprint density at radius 2 is 2.00 bits per heavy atom. The molecule has 3 aromatic rings. The molecular formula is C27H33FN4. The van der Waals surface area contributed by atoms with Crippen LogP contribution in [-0.4, -0.2) is 42.6 Å². The molecule has 2 heterocycles. The molecule has 0 aliphatic carbocycles. The Labute approximate surface area is 190 Å². The monoisotopic (exact) mass is 432 g/mol. The topological polar surface area (TPSA) is 43.1 Å². The molecule has 0 spiro atoms. The fraction of sp³-hybridized carbons (Fsp3) is 0.333.